The molecule has 0 bridgehead atoms. The monoisotopic (exact) mass is 345 g/mol. The average molecular weight is 346 g/mol. The predicted octanol–water partition coefficient (Wildman–Crippen LogP) is 3.30. The second-order valence-corrected chi connectivity index (χ2v) is 6.54. The Hall–Kier alpha value is -2.04. The highest BCUT2D eigenvalue weighted by Crippen LogP contribution is 2.36. The number of carbonyl (C=O) groups excluding carboxylic acids is 1. The zero-order valence-corrected chi connectivity index (χ0v) is 14.3. The number of hydrogen-bond donors (Lipinski definition) is 2. The fraction of sp³-hybridized carbons (Fsp3) is 0.316. The first-order chi connectivity index (χ1) is 11.5. The molecule has 5 heteroatoms. The van der Waals surface area contributed by atoms with Crippen molar-refractivity contribution in [3.63, 3.8) is 0 Å². The summed E-state index contributed by atoms with van der Waals surface area (Å²) in [7, 11) is 1.63. The Morgan fingerprint density at radius 2 is 2.17 bits per heavy atom. The van der Waals surface area contributed by atoms with E-state index in [1.807, 2.05) is 18.2 Å². The summed E-state index contributed by atoms with van der Waals surface area (Å²) in [4.78, 5) is 12.3. The molecule has 0 fully saturated rings. The SMILES string of the molecule is COc1ccc2c(c1)CCCC2(O)CNC(=O)c1cccc(Cl)c1. The summed E-state index contributed by atoms with van der Waals surface area (Å²) in [6, 6.07) is 12.4. The van der Waals surface area contributed by atoms with Gasteiger partial charge in [0.15, 0.2) is 0 Å². The molecule has 2 N–H and O–H groups in total. The number of rotatable bonds is 4. The molecule has 0 spiro atoms. The topological polar surface area (TPSA) is 58.6 Å². The molecule has 0 heterocycles. The van der Waals surface area contributed by atoms with Crippen LogP contribution in [0.25, 0.3) is 0 Å². The lowest BCUT2D eigenvalue weighted by molar-refractivity contribution is 0.0189. The minimum atomic E-state index is -1.06. The van der Waals surface area contributed by atoms with Crippen molar-refractivity contribution < 1.29 is 14.6 Å². The number of nitrogens with one attached hydrogen (secondary N) is 1. The van der Waals surface area contributed by atoms with Gasteiger partial charge in [0.05, 0.1) is 13.7 Å². The number of fused-ring (bicyclic) bond motifs is 1. The lowest BCUT2D eigenvalue weighted by Gasteiger charge is -2.35. The molecular formula is C19H20ClNO3. The molecule has 0 aromatic heterocycles. The van der Waals surface area contributed by atoms with E-state index in [1.165, 1.54) is 0 Å². The van der Waals surface area contributed by atoms with Crippen LogP contribution in [0.1, 0.15) is 34.3 Å². The van der Waals surface area contributed by atoms with Crippen molar-refractivity contribution in [2.45, 2.75) is 24.9 Å². The first kappa shape index (κ1) is 16.8. The van der Waals surface area contributed by atoms with Gasteiger partial charge < -0.3 is 15.2 Å². The lowest BCUT2D eigenvalue weighted by Crippen LogP contribution is -2.43. The maximum Gasteiger partial charge on any atom is 0.251 e. The smallest absolute Gasteiger partial charge is 0.251 e. The van der Waals surface area contributed by atoms with Crippen molar-refractivity contribution >= 4 is 17.5 Å². The van der Waals surface area contributed by atoms with Gasteiger partial charge >= 0.3 is 0 Å². The van der Waals surface area contributed by atoms with Gasteiger partial charge in [0.25, 0.3) is 5.91 Å². The molecule has 1 amide bonds. The maximum atomic E-state index is 12.3. The van der Waals surface area contributed by atoms with Gasteiger partial charge in [0.2, 0.25) is 0 Å². The standard InChI is InChI=1S/C19H20ClNO3/c1-24-16-7-8-17-13(11-16)5-3-9-19(17,23)12-21-18(22)14-4-2-6-15(20)10-14/h2,4,6-8,10-11,23H,3,5,9,12H2,1H3,(H,21,22). The van der Waals surface area contributed by atoms with Crippen LogP contribution in [0.15, 0.2) is 42.5 Å². The molecule has 126 valence electrons. The summed E-state index contributed by atoms with van der Waals surface area (Å²) in [6.45, 7) is 0.164. The van der Waals surface area contributed by atoms with Crippen molar-refractivity contribution in [3.8, 4) is 5.75 Å². The third-order valence-electron chi connectivity index (χ3n) is 4.48. The number of halogens is 1. The Morgan fingerprint density at radius 1 is 1.33 bits per heavy atom. The van der Waals surface area contributed by atoms with Gasteiger partial charge in [-0.1, -0.05) is 23.7 Å². The van der Waals surface area contributed by atoms with Crippen LogP contribution in [0.5, 0.6) is 5.75 Å². The van der Waals surface area contributed by atoms with Crippen molar-refractivity contribution in [2.75, 3.05) is 13.7 Å². The molecule has 0 aliphatic heterocycles. The molecule has 0 radical (unpaired) electrons. The van der Waals surface area contributed by atoms with E-state index < -0.39 is 5.60 Å². The third-order valence-corrected chi connectivity index (χ3v) is 4.71. The van der Waals surface area contributed by atoms with Gasteiger partial charge in [0, 0.05) is 10.6 Å². The summed E-state index contributed by atoms with van der Waals surface area (Å²) in [5.41, 5.74) is 1.35. The first-order valence-corrected chi connectivity index (χ1v) is 8.33. The van der Waals surface area contributed by atoms with Gasteiger partial charge in [-0.3, -0.25) is 4.79 Å². The van der Waals surface area contributed by atoms with Gasteiger partial charge in [-0.05, 0) is 60.7 Å². The van der Waals surface area contributed by atoms with Crippen LogP contribution >= 0.6 is 11.6 Å². The molecule has 2 aromatic carbocycles. The summed E-state index contributed by atoms with van der Waals surface area (Å²) in [5, 5.41) is 14.4. The van der Waals surface area contributed by atoms with E-state index in [4.69, 9.17) is 16.3 Å². The van der Waals surface area contributed by atoms with Gasteiger partial charge in [-0.25, -0.2) is 0 Å². The molecule has 4 nitrogen and oxygen atoms in total. The number of aliphatic hydroxyl groups is 1. The van der Waals surface area contributed by atoms with Crippen molar-refractivity contribution in [1.82, 2.24) is 5.32 Å². The highest BCUT2D eigenvalue weighted by Gasteiger charge is 2.34. The van der Waals surface area contributed by atoms with Crippen LogP contribution in [0.2, 0.25) is 5.02 Å². The number of hydrogen-bond acceptors (Lipinski definition) is 3. The first-order valence-electron chi connectivity index (χ1n) is 7.95. The summed E-state index contributed by atoms with van der Waals surface area (Å²) < 4.78 is 5.25. The number of amides is 1. The Morgan fingerprint density at radius 3 is 2.92 bits per heavy atom. The fourth-order valence-electron chi connectivity index (χ4n) is 3.21. The highest BCUT2D eigenvalue weighted by molar-refractivity contribution is 6.30. The lowest BCUT2D eigenvalue weighted by atomic mass is 9.79. The van der Waals surface area contributed by atoms with Gasteiger partial charge in [0.1, 0.15) is 11.4 Å². The van der Waals surface area contributed by atoms with E-state index in [0.29, 0.717) is 17.0 Å². The molecule has 1 aliphatic carbocycles. The van der Waals surface area contributed by atoms with Gasteiger partial charge in [-0.2, -0.15) is 0 Å². The van der Waals surface area contributed by atoms with Crippen LogP contribution in [0.3, 0.4) is 0 Å². The molecule has 0 saturated heterocycles. The number of methoxy groups -OCH3 is 1. The van der Waals surface area contributed by atoms with E-state index in [2.05, 4.69) is 5.32 Å². The summed E-state index contributed by atoms with van der Waals surface area (Å²) >= 11 is 5.92. The molecule has 1 atom stereocenters. The van der Waals surface area contributed by atoms with Crippen LogP contribution in [-0.2, 0) is 12.0 Å². The van der Waals surface area contributed by atoms with Gasteiger partial charge in [-0.15, -0.1) is 0 Å². The molecule has 24 heavy (non-hydrogen) atoms. The van der Waals surface area contributed by atoms with E-state index >= 15 is 0 Å². The molecule has 3 rings (SSSR count). The maximum absolute atomic E-state index is 12.3. The second-order valence-electron chi connectivity index (χ2n) is 6.10. The van der Waals surface area contributed by atoms with Crippen molar-refractivity contribution in [3.05, 3.63) is 64.2 Å². The predicted molar refractivity (Wildman–Crippen MR) is 93.6 cm³/mol. The molecular weight excluding hydrogens is 326 g/mol. The van der Waals surface area contributed by atoms with E-state index in [-0.39, 0.29) is 12.5 Å². The van der Waals surface area contributed by atoms with Crippen LogP contribution in [0.4, 0.5) is 0 Å². The Labute approximate surface area is 146 Å². The highest BCUT2D eigenvalue weighted by atomic mass is 35.5. The van der Waals surface area contributed by atoms with E-state index in [9.17, 15) is 9.90 Å². The average Bonchev–Trinajstić information content (AvgIpc) is 2.59. The zero-order valence-electron chi connectivity index (χ0n) is 13.5. The zero-order chi connectivity index (χ0) is 17.2. The van der Waals surface area contributed by atoms with Crippen LogP contribution in [-0.4, -0.2) is 24.7 Å². The summed E-state index contributed by atoms with van der Waals surface area (Å²) in [6.07, 6.45) is 2.38. The van der Waals surface area contributed by atoms with Crippen LogP contribution in [0, 0.1) is 0 Å². The van der Waals surface area contributed by atoms with Crippen molar-refractivity contribution in [2.24, 2.45) is 0 Å². The molecule has 2 aromatic rings. The number of carbonyl (C=O) groups is 1. The number of benzene rings is 2. The van der Waals surface area contributed by atoms with E-state index in [0.717, 1.165) is 29.7 Å². The summed E-state index contributed by atoms with van der Waals surface area (Å²) in [5.74, 6) is 0.535. The largest absolute Gasteiger partial charge is 0.497 e. The molecule has 0 saturated carbocycles. The normalized spacial score (nSPS) is 19.5. The van der Waals surface area contributed by atoms with Crippen molar-refractivity contribution in [1.29, 1.82) is 0 Å². The Bertz CT molecular complexity index is 762. The van der Waals surface area contributed by atoms with E-state index in [1.54, 1.807) is 31.4 Å². The molecule has 1 aliphatic rings. The second kappa shape index (κ2) is 6.83. The number of ether oxygens (including phenoxy) is 1. The van der Waals surface area contributed by atoms with Crippen LogP contribution < -0.4 is 10.1 Å². The minimum Gasteiger partial charge on any atom is -0.497 e. The Kier molecular flexibility index (Phi) is 4.78. The fourth-order valence-corrected chi connectivity index (χ4v) is 3.40. The quantitative estimate of drug-likeness (QED) is 0.893. The third kappa shape index (κ3) is 3.40. The minimum absolute atomic E-state index is 0.164. The number of aryl methyl sites for hydroxylation is 1. The molecule has 1 unspecified atom stereocenters. The Balaban J connectivity index is 1.77.